The number of ether oxygens (including phenoxy) is 1. The van der Waals surface area contributed by atoms with Crippen molar-refractivity contribution in [3.05, 3.63) is 68.9 Å². The van der Waals surface area contributed by atoms with E-state index in [0.717, 1.165) is 62.2 Å². The first-order chi connectivity index (χ1) is 14.6. The Hall–Kier alpha value is -2.31. The van der Waals surface area contributed by atoms with Crippen LogP contribution in [0.5, 0.6) is 5.75 Å². The van der Waals surface area contributed by atoms with Crippen molar-refractivity contribution in [3.8, 4) is 5.75 Å². The second-order valence-corrected chi connectivity index (χ2v) is 8.69. The molecule has 4 rings (SSSR count). The lowest BCUT2D eigenvalue weighted by atomic mass is 10.1. The lowest BCUT2D eigenvalue weighted by Gasteiger charge is -2.37. The summed E-state index contributed by atoms with van der Waals surface area (Å²) in [6, 6.07) is 15.7. The van der Waals surface area contributed by atoms with Crippen LogP contribution in [0.3, 0.4) is 0 Å². The van der Waals surface area contributed by atoms with Gasteiger partial charge in [0.25, 0.3) is 0 Å². The zero-order chi connectivity index (χ0) is 20.9. The average molecular weight is 470 g/mol. The molecule has 0 saturated carbocycles. The van der Waals surface area contributed by atoms with Gasteiger partial charge in [-0.2, -0.15) is 0 Å². The van der Waals surface area contributed by atoms with Gasteiger partial charge in [-0.1, -0.05) is 22.0 Å². The molecule has 3 aromatic rings. The highest BCUT2D eigenvalue weighted by atomic mass is 79.9. The number of aromatic amines is 1. The number of anilines is 1. The second kappa shape index (κ2) is 9.67. The van der Waals surface area contributed by atoms with Gasteiger partial charge in [0, 0.05) is 48.5 Å². The van der Waals surface area contributed by atoms with E-state index in [-0.39, 0.29) is 5.56 Å². The highest BCUT2D eigenvalue weighted by Crippen LogP contribution is 2.27. The number of hydrogen-bond acceptors (Lipinski definition) is 4. The van der Waals surface area contributed by atoms with E-state index < -0.39 is 0 Å². The number of nitrogens with one attached hydrogen (secondary N) is 1. The van der Waals surface area contributed by atoms with E-state index in [1.165, 1.54) is 15.7 Å². The molecule has 1 fully saturated rings. The van der Waals surface area contributed by atoms with Gasteiger partial charge in [-0.05, 0) is 67.6 Å². The monoisotopic (exact) mass is 469 g/mol. The van der Waals surface area contributed by atoms with Crippen molar-refractivity contribution in [2.24, 2.45) is 0 Å². The van der Waals surface area contributed by atoms with E-state index in [0.29, 0.717) is 6.61 Å². The van der Waals surface area contributed by atoms with Crippen molar-refractivity contribution in [2.45, 2.75) is 19.8 Å². The number of H-pyrrole nitrogens is 1. The van der Waals surface area contributed by atoms with E-state index >= 15 is 0 Å². The lowest BCUT2D eigenvalue weighted by molar-refractivity contribution is 0.238. The van der Waals surface area contributed by atoms with Crippen LogP contribution in [0.2, 0.25) is 0 Å². The van der Waals surface area contributed by atoms with Crippen molar-refractivity contribution >= 4 is 32.5 Å². The van der Waals surface area contributed by atoms with Gasteiger partial charge in [-0.3, -0.25) is 9.69 Å². The molecule has 30 heavy (non-hydrogen) atoms. The van der Waals surface area contributed by atoms with Crippen molar-refractivity contribution < 1.29 is 4.74 Å². The number of nitrogens with zero attached hydrogens (tertiary/aromatic N) is 2. The summed E-state index contributed by atoms with van der Waals surface area (Å²) in [5.41, 5.74) is 3.39. The molecule has 6 heteroatoms. The number of piperazine rings is 1. The third-order valence-electron chi connectivity index (χ3n) is 5.79. The molecule has 1 aliphatic heterocycles. The minimum Gasteiger partial charge on any atom is -0.494 e. The van der Waals surface area contributed by atoms with Crippen LogP contribution in [0.25, 0.3) is 10.9 Å². The molecule has 2 aromatic carbocycles. The number of unbranched alkanes of at least 4 members (excludes halogenated alkanes) is 1. The molecule has 2 heterocycles. The van der Waals surface area contributed by atoms with Gasteiger partial charge in [0.1, 0.15) is 5.75 Å². The Morgan fingerprint density at radius 2 is 1.83 bits per heavy atom. The summed E-state index contributed by atoms with van der Waals surface area (Å²) in [4.78, 5) is 19.4. The zero-order valence-corrected chi connectivity index (χ0v) is 19.0. The van der Waals surface area contributed by atoms with Crippen LogP contribution in [0, 0.1) is 6.92 Å². The molecule has 1 aromatic heterocycles. The van der Waals surface area contributed by atoms with Gasteiger partial charge in [0.2, 0.25) is 5.56 Å². The number of rotatable bonds is 7. The number of aromatic nitrogens is 1. The third kappa shape index (κ3) is 5.05. The third-order valence-corrected chi connectivity index (χ3v) is 6.65. The summed E-state index contributed by atoms with van der Waals surface area (Å²) in [6.07, 6.45) is 2.15. The lowest BCUT2D eigenvalue weighted by Crippen LogP contribution is -2.46. The largest absolute Gasteiger partial charge is 0.494 e. The maximum atomic E-state index is 11.5. The molecular weight excluding hydrogens is 442 g/mol. The molecule has 0 atom stereocenters. The Balaban J connectivity index is 1.18. The number of pyridine rings is 1. The number of halogens is 1. The summed E-state index contributed by atoms with van der Waals surface area (Å²) < 4.78 is 7.07. The van der Waals surface area contributed by atoms with Crippen molar-refractivity contribution in [2.75, 3.05) is 44.2 Å². The van der Waals surface area contributed by atoms with Gasteiger partial charge < -0.3 is 14.6 Å². The Morgan fingerprint density at radius 3 is 2.67 bits per heavy atom. The van der Waals surface area contributed by atoms with Gasteiger partial charge in [-0.15, -0.1) is 0 Å². The quantitative estimate of drug-likeness (QED) is 0.514. The number of fused-ring (bicyclic) bond motifs is 1. The molecular formula is C24H28BrN3O2. The summed E-state index contributed by atoms with van der Waals surface area (Å²) >= 11 is 3.64. The van der Waals surface area contributed by atoms with Gasteiger partial charge >= 0.3 is 0 Å². The van der Waals surface area contributed by atoms with Crippen molar-refractivity contribution in [1.82, 2.24) is 9.88 Å². The molecule has 0 unspecified atom stereocenters. The molecule has 0 aliphatic carbocycles. The standard InChI is InChI=1S/C24H28BrN3O2/c1-18-21(25)5-4-6-23(18)28-14-12-27(13-15-28)11-2-3-16-30-20-9-7-19-8-10-24(29)26-22(19)17-20/h4-10,17H,2-3,11-16H2,1H3,(H,26,29). The second-order valence-electron chi connectivity index (χ2n) is 7.84. The van der Waals surface area contributed by atoms with E-state index in [1.54, 1.807) is 6.07 Å². The van der Waals surface area contributed by atoms with Gasteiger partial charge in [-0.25, -0.2) is 0 Å². The van der Waals surface area contributed by atoms with Crippen molar-refractivity contribution in [3.63, 3.8) is 0 Å². The Morgan fingerprint density at radius 1 is 1.03 bits per heavy atom. The minimum atomic E-state index is -0.0881. The van der Waals surface area contributed by atoms with Crippen LogP contribution in [0.15, 0.2) is 57.8 Å². The number of benzene rings is 2. The van der Waals surface area contributed by atoms with Crippen LogP contribution in [-0.2, 0) is 0 Å². The zero-order valence-electron chi connectivity index (χ0n) is 17.4. The Labute approximate surface area is 185 Å². The first-order valence-electron chi connectivity index (χ1n) is 10.6. The first-order valence-corrected chi connectivity index (χ1v) is 11.4. The summed E-state index contributed by atoms with van der Waals surface area (Å²) in [6.45, 7) is 8.33. The predicted molar refractivity (Wildman–Crippen MR) is 127 cm³/mol. The minimum absolute atomic E-state index is 0.0881. The predicted octanol–water partition coefficient (Wildman–Crippen LogP) is 4.58. The molecule has 5 nitrogen and oxygen atoms in total. The van der Waals surface area contributed by atoms with Gasteiger partial charge in [0.05, 0.1) is 12.1 Å². The molecule has 0 amide bonds. The molecule has 1 N–H and O–H groups in total. The van der Waals surface area contributed by atoms with E-state index in [4.69, 9.17) is 4.74 Å². The summed E-state index contributed by atoms with van der Waals surface area (Å²) in [7, 11) is 0. The maximum absolute atomic E-state index is 11.5. The van der Waals surface area contributed by atoms with Crippen LogP contribution in [0.4, 0.5) is 5.69 Å². The fourth-order valence-corrected chi connectivity index (χ4v) is 4.35. The van der Waals surface area contributed by atoms with E-state index in [9.17, 15) is 4.79 Å². The van der Waals surface area contributed by atoms with E-state index in [2.05, 4.69) is 55.8 Å². The molecule has 0 spiro atoms. The Kier molecular flexibility index (Phi) is 6.75. The van der Waals surface area contributed by atoms with Crippen LogP contribution >= 0.6 is 15.9 Å². The van der Waals surface area contributed by atoms with Crippen LogP contribution < -0.4 is 15.2 Å². The smallest absolute Gasteiger partial charge is 0.248 e. The van der Waals surface area contributed by atoms with Crippen LogP contribution in [-0.4, -0.2) is 49.2 Å². The normalized spacial score (nSPS) is 14.9. The van der Waals surface area contributed by atoms with Crippen molar-refractivity contribution in [1.29, 1.82) is 0 Å². The first kappa shape index (κ1) is 20.9. The molecule has 1 aliphatic rings. The van der Waals surface area contributed by atoms with E-state index in [1.807, 2.05) is 24.3 Å². The highest BCUT2D eigenvalue weighted by molar-refractivity contribution is 9.10. The van der Waals surface area contributed by atoms with Gasteiger partial charge in [0.15, 0.2) is 0 Å². The summed E-state index contributed by atoms with van der Waals surface area (Å²) in [5.74, 6) is 0.808. The fraction of sp³-hybridized carbons (Fsp3) is 0.375. The molecule has 0 radical (unpaired) electrons. The molecule has 0 bridgehead atoms. The maximum Gasteiger partial charge on any atom is 0.248 e. The Bertz CT molecular complexity index is 1060. The van der Waals surface area contributed by atoms with Crippen LogP contribution in [0.1, 0.15) is 18.4 Å². The number of hydrogen-bond donors (Lipinski definition) is 1. The molecule has 158 valence electrons. The summed E-state index contributed by atoms with van der Waals surface area (Å²) in [5, 5.41) is 1.01. The fourth-order valence-electron chi connectivity index (χ4n) is 4.00. The average Bonchev–Trinajstić information content (AvgIpc) is 2.76. The SMILES string of the molecule is Cc1c(Br)cccc1N1CCN(CCCCOc2ccc3ccc(=O)[nH]c3c2)CC1. The molecule has 1 saturated heterocycles. The topological polar surface area (TPSA) is 48.6 Å². The highest BCUT2D eigenvalue weighted by Gasteiger charge is 2.18.